The predicted molar refractivity (Wildman–Crippen MR) is 37.6 cm³/mol. The second-order valence-electron chi connectivity index (χ2n) is 2.35. The number of carboxylic acids is 1. The van der Waals surface area contributed by atoms with Gasteiger partial charge in [0, 0.05) is 13.1 Å². The minimum atomic E-state index is -0.722. The lowest BCUT2D eigenvalue weighted by molar-refractivity contribution is -0.137. The first-order valence-electron chi connectivity index (χ1n) is 3.41. The maximum absolute atomic E-state index is 10.1. The van der Waals surface area contributed by atoms with Crippen molar-refractivity contribution < 1.29 is 9.90 Å². The fraction of sp³-hybridized carbons (Fsp3) is 0.571. The largest absolute Gasteiger partial charge is 0.481 e. The van der Waals surface area contributed by atoms with Gasteiger partial charge in [0.05, 0.1) is 6.42 Å². The molecule has 0 radical (unpaired) electrons. The van der Waals surface area contributed by atoms with Crippen LogP contribution in [0.15, 0.2) is 12.3 Å². The Hall–Kier alpha value is -0.990. The van der Waals surface area contributed by atoms with Crippen molar-refractivity contribution in [1.82, 2.24) is 4.90 Å². The number of carboxylic acid groups (broad SMARTS) is 1. The Bertz CT molecular complexity index is 154. The van der Waals surface area contributed by atoms with Gasteiger partial charge in [0.2, 0.25) is 0 Å². The Kier molecular flexibility index (Phi) is 2.31. The summed E-state index contributed by atoms with van der Waals surface area (Å²) in [6, 6.07) is 0. The number of rotatable bonds is 3. The molecule has 0 bridgehead atoms. The van der Waals surface area contributed by atoms with Crippen LogP contribution in [0, 0.1) is 0 Å². The lowest BCUT2D eigenvalue weighted by Gasteiger charge is -2.12. The van der Waals surface area contributed by atoms with E-state index in [2.05, 4.69) is 6.08 Å². The molecule has 1 N–H and O–H groups in total. The summed E-state index contributed by atoms with van der Waals surface area (Å²) in [5, 5.41) is 8.32. The van der Waals surface area contributed by atoms with Crippen molar-refractivity contribution in [1.29, 1.82) is 0 Å². The summed E-state index contributed by atoms with van der Waals surface area (Å²) in [7, 11) is 0. The molecule has 10 heavy (non-hydrogen) atoms. The van der Waals surface area contributed by atoms with E-state index in [4.69, 9.17) is 5.11 Å². The van der Waals surface area contributed by atoms with Crippen molar-refractivity contribution in [3.63, 3.8) is 0 Å². The van der Waals surface area contributed by atoms with Crippen molar-refractivity contribution in [3.8, 4) is 0 Å². The maximum Gasteiger partial charge on any atom is 0.305 e. The summed E-state index contributed by atoms with van der Waals surface area (Å²) < 4.78 is 0. The Morgan fingerprint density at radius 3 is 3.00 bits per heavy atom. The highest BCUT2D eigenvalue weighted by Gasteiger charge is 2.05. The van der Waals surface area contributed by atoms with Gasteiger partial charge in [-0.2, -0.15) is 0 Å². The van der Waals surface area contributed by atoms with Gasteiger partial charge < -0.3 is 10.0 Å². The highest BCUT2D eigenvalue weighted by Crippen LogP contribution is 2.03. The zero-order chi connectivity index (χ0) is 7.40. The minimum Gasteiger partial charge on any atom is -0.481 e. The van der Waals surface area contributed by atoms with Crippen molar-refractivity contribution in [2.45, 2.75) is 12.8 Å². The normalized spacial score (nSPS) is 16.2. The van der Waals surface area contributed by atoms with Crippen LogP contribution in [0.25, 0.3) is 0 Å². The van der Waals surface area contributed by atoms with E-state index >= 15 is 0 Å². The Balaban J connectivity index is 2.13. The van der Waals surface area contributed by atoms with Crippen LogP contribution in [0.5, 0.6) is 0 Å². The zero-order valence-electron chi connectivity index (χ0n) is 5.79. The van der Waals surface area contributed by atoms with Crippen molar-refractivity contribution in [3.05, 3.63) is 12.3 Å². The molecule has 0 saturated carbocycles. The highest BCUT2D eigenvalue weighted by molar-refractivity contribution is 5.66. The van der Waals surface area contributed by atoms with Crippen molar-refractivity contribution >= 4 is 5.97 Å². The lowest BCUT2D eigenvalue weighted by Crippen LogP contribution is -2.18. The second kappa shape index (κ2) is 3.25. The summed E-state index contributed by atoms with van der Waals surface area (Å²) in [5.74, 6) is -0.722. The van der Waals surface area contributed by atoms with Gasteiger partial charge in [0.1, 0.15) is 0 Å². The molecule has 0 atom stereocenters. The molecule has 1 aliphatic heterocycles. The third-order valence-electron chi connectivity index (χ3n) is 1.51. The summed E-state index contributed by atoms with van der Waals surface area (Å²) in [4.78, 5) is 12.1. The van der Waals surface area contributed by atoms with E-state index in [1.54, 1.807) is 0 Å². The molecular weight excluding hydrogens is 130 g/mol. The fourth-order valence-corrected chi connectivity index (χ4v) is 0.964. The molecule has 0 unspecified atom stereocenters. The molecule has 3 heteroatoms. The molecule has 0 aromatic carbocycles. The van der Waals surface area contributed by atoms with Crippen LogP contribution < -0.4 is 0 Å². The third kappa shape index (κ3) is 2.09. The molecule has 0 aliphatic carbocycles. The van der Waals surface area contributed by atoms with Crippen LogP contribution in [0.1, 0.15) is 12.8 Å². The zero-order valence-corrected chi connectivity index (χ0v) is 5.79. The first kappa shape index (κ1) is 7.12. The van der Waals surface area contributed by atoms with Gasteiger partial charge in [0.15, 0.2) is 0 Å². The number of aliphatic carboxylic acids is 1. The Labute approximate surface area is 59.9 Å². The summed E-state index contributed by atoms with van der Waals surface area (Å²) >= 11 is 0. The van der Waals surface area contributed by atoms with Crippen LogP contribution in [0.2, 0.25) is 0 Å². The van der Waals surface area contributed by atoms with E-state index in [1.807, 2.05) is 11.1 Å². The molecule has 0 aromatic rings. The summed E-state index contributed by atoms with van der Waals surface area (Å²) in [6.07, 6.45) is 5.31. The Morgan fingerprint density at radius 2 is 2.50 bits per heavy atom. The quantitative estimate of drug-likeness (QED) is 0.628. The lowest BCUT2D eigenvalue weighted by atomic mass is 10.4. The summed E-state index contributed by atoms with van der Waals surface area (Å²) in [6.45, 7) is 1.62. The molecule has 0 spiro atoms. The molecule has 3 nitrogen and oxygen atoms in total. The van der Waals surface area contributed by atoms with E-state index in [0.717, 1.165) is 13.0 Å². The van der Waals surface area contributed by atoms with Crippen LogP contribution in [-0.2, 0) is 4.79 Å². The minimum absolute atomic E-state index is 0.240. The molecular formula is C7H11NO2. The van der Waals surface area contributed by atoms with E-state index in [9.17, 15) is 4.79 Å². The van der Waals surface area contributed by atoms with Crippen LogP contribution in [-0.4, -0.2) is 29.1 Å². The number of hydrogen-bond donors (Lipinski definition) is 1. The molecule has 0 fully saturated rings. The van der Waals surface area contributed by atoms with Gasteiger partial charge in [-0.3, -0.25) is 4.79 Å². The SMILES string of the molecule is O=C(O)CCN1C=CCC1. The van der Waals surface area contributed by atoms with E-state index < -0.39 is 5.97 Å². The van der Waals surface area contributed by atoms with E-state index in [0.29, 0.717) is 6.54 Å². The van der Waals surface area contributed by atoms with Crippen molar-refractivity contribution in [2.75, 3.05) is 13.1 Å². The fourth-order valence-electron chi connectivity index (χ4n) is 0.964. The average molecular weight is 141 g/mol. The first-order chi connectivity index (χ1) is 4.79. The topological polar surface area (TPSA) is 40.5 Å². The van der Waals surface area contributed by atoms with Gasteiger partial charge >= 0.3 is 5.97 Å². The van der Waals surface area contributed by atoms with Gasteiger partial charge in [0.25, 0.3) is 0 Å². The highest BCUT2D eigenvalue weighted by atomic mass is 16.4. The van der Waals surface area contributed by atoms with Crippen LogP contribution >= 0.6 is 0 Å². The van der Waals surface area contributed by atoms with Gasteiger partial charge in [-0.1, -0.05) is 6.08 Å². The number of hydrogen-bond acceptors (Lipinski definition) is 2. The van der Waals surface area contributed by atoms with Gasteiger partial charge in [-0.15, -0.1) is 0 Å². The Morgan fingerprint density at radius 1 is 1.70 bits per heavy atom. The second-order valence-corrected chi connectivity index (χ2v) is 2.35. The monoisotopic (exact) mass is 141 g/mol. The molecule has 1 heterocycles. The molecule has 56 valence electrons. The standard InChI is InChI=1S/C7H11NO2/c9-7(10)3-6-8-4-1-2-5-8/h1,4H,2-3,5-6H2,(H,9,10). The predicted octanol–water partition coefficient (Wildman–Crippen LogP) is 0.680. The van der Waals surface area contributed by atoms with Crippen LogP contribution in [0.4, 0.5) is 0 Å². The third-order valence-corrected chi connectivity index (χ3v) is 1.51. The van der Waals surface area contributed by atoms with E-state index in [-0.39, 0.29) is 6.42 Å². The van der Waals surface area contributed by atoms with Crippen molar-refractivity contribution in [2.24, 2.45) is 0 Å². The maximum atomic E-state index is 10.1. The molecule has 0 saturated heterocycles. The number of nitrogens with zero attached hydrogens (tertiary/aromatic N) is 1. The van der Waals surface area contributed by atoms with Gasteiger partial charge in [-0.25, -0.2) is 0 Å². The van der Waals surface area contributed by atoms with Crippen LogP contribution in [0.3, 0.4) is 0 Å². The molecule has 0 amide bonds. The average Bonchev–Trinajstić information content (AvgIpc) is 2.34. The first-order valence-corrected chi connectivity index (χ1v) is 3.41. The number of carbonyl (C=O) groups is 1. The smallest absolute Gasteiger partial charge is 0.305 e. The molecule has 1 aliphatic rings. The molecule has 1 rings (SSSR count). The molecule has 0 aromatic heterocycles. The summed E-state index contributed by atoms with van der Waals surface area (Å²) in [5.41, 5.74) is 0. The van der Waals surface area contributed by atoms with E-state index in [1.165, 1.54) is 0 Å². The van der Waals surface area contributed by atoms with Gasteiger partial charge in [-0.05, 0) is 12.6 Å².